The summed E-state index contributed by atoms with van der Waals surface area (Å²) in [5.74, 6) is 0. The molecule has 0 N–H and O–H groups in total. The van der Waals surface area contributed by atoms with Crippen LogP contribution in [-0.2, 0) is 6.54 Å². The molecular weight excluding hydrogens is 330 g/mol. The van der Waals surface area contributed by atoms with Crippen molar-refractivity contribution in [3.63, 3.8) is 0 Å². The fourth-order valence-corrected chi connectivity index (χ4v) is 2.68. The van der Waals surface area contributed by atoms with Crippen molar-refractivity contribution >= 4 is 27.9 Å². The molecule has 0 atom stereocenters. The molecule has 0 unspecified atom stereocenters. The lowest BCUT2D eigenvalue weighted by Crippen LogP contribution is -2.24. The van der Waals surface area contributed by atoms with Gasteiger partial charge in [-0.15, -0.1) is 0 Å². The van der Waals surface area contributed by atoms with Gasteiger partial charge in [-0.25, -0.2) is 0 Å². The van der Waals surface area contributed by atoms with Crippen LogP contribution < -0.4 is 4.90 Å². The molecule has 1 aromatic carbocycles. The maximum absolute atomic E-state index is 10.8. The van der Waals surface area contributed by atoms with E-state index >= 15 is 0 Å². The average Bonchev–Trinajstić information content (AvgIpc) is 2.52. The van der Waals surface area contributed by atoms with Crippen molar-refractivity contribution in [3.05, 3.63) is 58.3 Å². The van der Waals surface area contributed by atoms with Gasteiger partial charge in [-0.05, 0) is 45.8 Å². The second-order valence-corrected chi connectivity index (χ2v) is 5.37. The van der Waals surface area contributed by atoms with E-state index in [-0.39, 0.29) is 0 Å². The molecule has 0 saturated heterocycles. The normalized spacial score (nSPS) is 9.90. The first-order chi connectivity index (χ1) is 10.2. The number of anilines is 1. The van der Waals surface area contributed by atoms with Crippen molar-refractivity contribution in [3.8, 4) is 6.07 Å². The molecule has 0 amide bonds. The van der Waals surface area contributed by atoms with Crippen LogP contribution in [0.2, 0.25) is 0 Å². The summed E-state index contributed by atoms with van der Waals surface area (Å²) in [6.45, 7) is 1.28. The van der Waals surface area contributed by atoms with Gasteiger partial charge in [0.15, 0.2) is 0 Å². The number of benzene rings is 1. The van der Waals surface area contributed by atoms with E-state index in [1.807, 2.05) is 24.4 Å². The fraction of sp³-hybridized carbons (Fsp3) is 0.188. The molecule has 0 aliphatic rings. The Balaban J connectivity index is 2.27. The minimum Gasteiger partial charge on any atom is -0.365 e. The van der Waals surface area contributed by atoms with E-state index in [9.17, 15) is 4.79 Å². The van der Waals surface area contributed by atoms with Gasteiger partial charge in [0.1, 0.15) is 6.29 Å². The van der Waals surface area contributed by atoms with E-state index in [0.29, 0.717) is 25.1 Å². The van der Waals surface area contributed by atoms with Gasteiger partial charge in [-0.1, -0.05) is 6.07 Å². The zero-order valence-corrected chi connectivity index (χ0v) is 13.0. The zero-order chi connectivity index (χ0) is 15.1. The Morgan fingerprint density at radius 1 is 1.38 bits per heavy atom. The number of aromatic nitrogens is 1. The quantitative estimate of drug-likeness (QED) is 0.752. The third-order valence-electron chi connectivity index (χ3n) is 3.04. The molecule has 0 bridgehead atoms. The smallest absolute Gasteiger partial charge is 0.150 e. The van der Waals surface area contributed by atoms with Gasteiger partial charge < -0.3 is 4.90 Å². The summed E-state index contributed by atoms with van der Waals surface area (Å²) >= 11 is 3.49. The zero-order valence-electron chi connectivity index (χ0n) is 11.4. The summed E-state index contributed by atoms with van der Waals surface area (Å²) in [5, 5.41) is 8.83. The molecular formula is C16H14BrN3O. The molecule has 21 heavy (non-hydrogen) atoms. The van der Waals surface area contributed by atoms with Crippen molar-refractivity contribution in [2.45, 2.75) is 13.0 Å². The minimum atomic E-state index is 0.433. The van der Waals surface area contributed by atoms with Crippen LogP contribution in [-0.4, -0.2) is 17.8 Å². The molecule has 0 aliphatic heterocycles. The molecule has 0 spiro atoms. The van der Waals surface area contributed by atoms with Gasteiger partial charge in [0, 0.05) is 35.5 Å². The van der Waals surface area contributed by atoms with E-state index in [4.69, 9.17) is 5.26 Å². The van der Waals surface area contributed by atoms with E-state index < -0.39 is 0 Å². The number of carbonyl (C=O) groups is 1. The summed E-state index contributed by atoms with van der Waals surface area (Å²) in [5.41, 5.74) is 2.65. The van der Waals surface area contributed by atoms with E-state index in [2.05, 4.69) is 31.9 Å². The van der Waals surface area contributed by atoms with Crippen molar-refractivity contribution in [1.82, 2.24) is 4.98 Å². The topological polar surface area (TPSA) is 57.0 Å². The van der Waals surface area contributed by atoms with Crippen LogP contribution >= 0.6 is 15.9 Å². The van der Waals surface area contributed by atoms with Crippen molar-refractivity contribution in [2.75, 3.05) is 11.4 Å². The molecule has 0 saturated carbocycles. The van der Waals surface area contributed by atoms with E-state index in [1.165, 1.54) is 0 Å². The Morgan fingerprint density at radius 3 is 2.86 bits per heavy atom. The van der Waals surface area contributed by atoms with Crippen LogP contribution in [0.3, 0.4) is 0 Å². The predicted octanol–water partition coefficient (Wildman–Crippen LogP) is 3.58. The number of halogens is 1. The molecule has 0 aliphatic carbocycles. The summed E-state index contributed by atoms with van der Waals surface area (Å²) in [6, 6.07) is 11.5. The maximum Gasteiger partial charge on any atom is 0.150 e. The number of nitrogens with zero attached hydrogens (tertiary/aromatic N) is 3. The molecule has 2 aromatic rings. The minimum absolute atomic E-state index is 0.433. The van der Waals surface area contributed by atoms with Crippen molar-refractivity contribution < 1.29 is 4.79 Å². The average molecular weight is 344 g/mol. The number of pyridine rings is 1. The first-order valence-corrected chi connectivity index (χ1v) is 7.29. The molecule has 0 radical (unpaired) electrons. The lowest BCUT2D eigenvalue weighted by molar-refractivity contribution is 0.112. The Morgan fingerprint density at radius 2 is 2.24 bits per heavy atom. The maximum atomic E-state index is 10.8. The molecule has 4 nitrogen and oxygen atoms in total. The van der Waals surface area contributed by atoms with Crippen molar-refractivity contribution in [1.29, 1.82) is 5.26 Å². The van der Waals surface area contributed by atoms with Crippen LogP contribution in [0, 0.1) is 11.3 Å². The van der Waals surface area contributed by atoms with Gasteiger partial charge in [0.05, 0.1) is 18.2 Å². The van der Waals surface area contributed by atoms with Crippen LogP contribution in [0.25, 0.3) is 0 Å². The summed E-state index contributed by atoms with van der Waals surface area (Å²) in [7, 11) is 0. The Bertz CT molecular complexity index is 652. The van der Waals surface area contributed by atoms with E-state index in [1.54, 1.807) is 18.3 Å². The van der Waals surface area contributed by atoms with Crippen LogP contribution in [0.5, 0.6) is 0 Å². The summed E-state index contributed by atoms with van der Waals surface area (Å²) in [4.78, 5) is 17.0. The Hall–Kier alpha value is -2.19. The lowest BCUT2D eigenvalue weighted by atomic mass is 10.2. The molecule has 106 valence electrons. The highest BCUT2D eigenvalue weighted by molar-refractivity contribution is 9.10. The van der Waals surface area contributed by atoms with Crippen LogP contribution in [0.4, 0.5) is 5.69 Å². The molecule has 1 aromatic heterocycles. The number of hydrogen-bond donors (Lipinski definition) is 0. The summed E-state index contributed by atoms with van der Waals surface area (Å²) < 4.78 is 0.842. The highest BCUT2D eigenvalue weighted by Gasteiger charge is 2.11. The molecule has 1 heterocycles. The van der Waals surface area contributed by atoms with Gasteiger partial charge in [-0.2, -0.15) is 5.26 Å². The van der Waals surface area contributed by atoms with E-state index in [0.717, 1.165) is 22.0 Å². The second kappa shape index (κ2) is 7.55. The number of carbonyl (C=O) groups excluding carboxylic acids is 1. The van der Waals surface area contributed by atoms with Crippen LogP contribution in [0.1, 0.15) is 22.3 Å². The number of nitriles is 1. The Labute approximate surface area is 132 Å². The third-order valence-corrected chi connectivity index (χ3v) is 3.67. The van der Waals surface area contributed by atoms with Crippen molar-refractivity contribution in [2.24, 2.45) is 0 Å². The SMILES string of the molecule is N#CCCN(Cc1cccnc1)c1ccc(C=O)cc1Br. The van der Waals surface area contributed by atoms with Crippen LogP contribution in [0.15, 0.2) is 47.2 Å². The standard InChI is InChI=1S/C16H14BrN3O/c17-15-9-13(12-21)4-5-16(15)20(8-2-6-18)11-14-3-1-7-19-10-14/h1,3-5,7,9-10,12H,2,8,11H2. The molecule has 0 fully saturated rings. The number of rotatable bonds is 6. The fourth-order valence-electron chi connectivity index (χ4n) is 2.03. The Kier molecular flexibility index (Phi) is 5.47. The highest BCUT2D eigenvalue weighted by Crippen LogP contribution is 2.28. The molecule has 2 rings (SSSR count). The number of aldehydes is 1. The summed E-state index contributed by atoms with van der Waals surface area (Å²) in [6.07, 6.45) is 4.79. The molecule has 5 heteroatoms. The van der Waals surface area contributed by atoms with Gasteiger partial charge >= 0.3 is 0 Å². The van der Waals surface area contributed by atoms with Gasteiger partial charge in [0.2, 0.25) is 0 Å². The largest absolute Gasteiger partial charge is 0.365 e. The number of hydrogen-bond acceptors (Lipinski definition) is 4. The third kappa shape index (κ3) is 4.14. The van der Waals surface area contributed by atoms with Gasteiger partial charge in [0.25, 0.3) is 0 Å². The first kappa shape index (κ1) is 15.2. The monoisotopic (exact) mass is 343 g/mol. The second-order valence-electron chi connectivity index (χ2n) is 4.52. The lowest BCUT2D eigenvalue weighted by Gasteiger charge is -2.25. The highest BCUT2D eigenvalue weighted by atomic mass is 79.9. The predicted molar refractivity (Wildman–Crippen MR) is 85.0 cm³/mol. The van der Waals surface area contributed by atoms with Gasteiger partial charge in [-0.3, -0.25) is 9.78 Å². The first-order valence-electron chi connectivity index (χ1n) is 6.50.